The topological polar surface area (TPSA) is 94.0 Å². The number of nitrogens with zero attached hydrogens (tertiary/aromatic N) is 2. The number of nitrogens with one attached hydrogen (secondary N) is 1. The number of carbonyl (C=O) groups excluding carboxylic acids is 1. The molecule has 0 atom stereocenters. The first-order chi connectivity index (χ1) is 12.3. The van der Waals surface area contributed by atoms with Gasteiger partial charge in [0.25, 0.3) is 5.91 Å². The van der Waals surface area contributed by atoms with Crippen molar-refractivity contribution in [3.05, 3.63) is 68.4 Å². The molecule has 0 aliphatic carbocycles. The lowest BCUT2D eigenvalue weighted by Gasteiger charge is -1.99. The van der Waals surface area contributed by atoms with Crippen LogP contribution in [0.3, 0.4) is 0 Å². The fourth-order valence-corrected chi connectivity index (χ4v) is 2.26. The Bertz CT molecular complexity index is 934. The van der Waals surface area contributed by atoms with Gasteiger partial charge in [0.15, 0.2) is 0 Å². The number of nitrogen functional groups attached to an aromatic ring is 1. The molecule has 3 N–H and O–H groups in total. The van der Waals surface area contributed by atoms with Gasteiger partial charge in [-0.1, -0.05) is 0 Å². The van der Waals surface area contributed by atoms with Gasteiger partial charge < -0.3 is 4.42 Å². The van der Waals surface area contributed by atoms with E-state index in [1.165, 1.54) is 18.2 Å². The monoisotopic (exact) mass is 488 g/mol. The third-order valence-electron chi connectivity index (χ3n) is 3.01. The SMILES string of the molecule is Cc1nnc(-c2ccc(Br)c(F)c2)o1.NNC(=O)c1ccc(Br)c(F)c1. The molecule has 0 saturated carbocycles. The molecular weight excluding hydrogens is 478 g/mol. The van der Waals surface area contributed by atoms with E-state index in [2.05, 4.69) is 42.1 Å². The molecule has 2 aromatic carbocycles. The highest BCUT2D eigenvalue weighted by molar-refractivity contribution is 9.10. The van der Waals surface area contributed by atoms with Gasteiger partial charge in [-0.3, -0.25) is 10.2 Å². The van der Waals surface area contributed by atoms with Crippen LogP contribution in [0.15, 0.2) is 49.8 Å². The highest BCUT2D eigenvalue weighted by atomic mass is 79.9. The summed E-state index contributed by atoms with van der Waals surface area (Å²) >= 11 is 6.03. The quantitative estimate of drug-likeness (QED) is 0.320. The van der Waals surface area contributed by atoms with Crippen molar-refractivity contribution >= 4 is 37.8 Å². The van der Waals surface area contributed by atoms with Crippen LogP contribution in [-0.2, 0) is 0 Å². The zero-order chi connectivity index (χ0) is 19.3. The molecule has 6 nitrogen and oxygen atoms in total. The van der Waals surface area contributed by atoms with Crippen LogP contribution in [-0.4, -0.2) is 16.1 Å². The van der Waals surface area contributed by atoms with Crippen LogP contribution in [0.2, 0.25) is 0 Å². The maximum atomic E-state index is 13.1. The Morgan fingerprint density at radius 3 is 2.19 bits per heavy atom. The predicted molar refractivity (Wildman–Crippen MR) is 97.9 cm³/mol. The standard InChI is InChI=1S/C9H6BrFN2O.C7H6BrFN2O/c1-5-12-13-9(14-5)6-2-3-7(10)8(11)4-6;8-5-2-1-4(3-6(5)9)7(12)11-10/h2-4H,1H3;1-3H,10H2,(H,11,12). The summed E-state index contributed by atoms with van der Waals surface area (Å²) in [6.45, 7) is 1.69. The molecule has 0 aliphatic heterocycles. The molecule has 10 heteroatoms. The van der Waals surface area contributed by atoms with Crippen molar-refractivity contribution in [3.8, 4) is 11.5 Å². The summed E-state index contributed by atoms with van der Waals surface area (Å²) in [6, 6.07) is 8.67. The van der Waals surface area contributed by atoms with E-state index in [1.807, 2.05) is 5.43 Å². The van der Waals surface area contributed by atoms with Crippen molar-refractivity contribution in [1.29, 1.82) is 0 Å². The van der Waals surface area contributed by atoms with Gasteiger partial charge in [-0.2, -0.15) is 0 Å². The number of benzene rings is 2. The molecule has 0 unspecified atom stereocenters. The van der Waals surface area contributed by atoms with Gasteiger partial charge in [0.2, 0.25) is 11.8 Å². The first-order valence-electron chi connectivity index (χ1n) is 7.03. The molecule has 0 radical (unpaired) electrons. The maximum Gasteiger partial charge on any atom is 0.265 e. The number of amides is 1. The fourth-order valence-electron chi connectivity index (χ4n) is 1.76. The Morgan fingerprint density at radius 2 is 1.69 bits per heavy atom. The van der Waals surface area contributed by atoms with E-state index in [0.29, 0.717) is 26.3 Å². The third-order valence-corrected chi connectivity index (χ3v) is 4.29. The van der Waals surface area contributed by atoms with Gasteiger partial charge in [-0.15, -0.1) is 10.2 Å². The molecule has 1 heterocycles. The minimum atomic E-state index is -0.513. The zero-order valence-corrected chi connectivity index (χ0v) is 16.4. The van der Waals surface area contributed by atoms with Gasteiger partial charge >= 0.3 is 0 Å². The van der Waals surface area contributed by atoms with Crippen molar-refractivity contribution in [2.45, 2.75) is 6.92 Å². The van der Waals surface area contributed by atoms with Crippen LogP contribution in [0.5, 0.6) is 0 Å². The Kier molecular flexibility index (Phi) is 6.95. The largest absolute Gasteiger partial charge is 0.421 e. The third kappa shape index (κ3) is 5.16. The Hall–Kier alpha value is -2.17. The number of hydrogen-bond donors (Lipinski definition) is 2. The number of carbonyl (C=O) groups is 1. The lowest BCUT2D eigenvalue weighted by atomic mass is 10.2. The molecule has 0 aliphatic rings. The van der Waals surface area contributed by atoms with E-state index in [1.54, 1.807) is 19.1 Å². The minimum absolute atomic E-state index is 0.193. The molecule has 1 amide bonds. The Labute approximate surface area is 164 Å². The van der Waals surface area contributed by atoms with Crippen LogP contribution < -0.4 is 11.3 Å². The van der Waals surface area contributed by atoms with Gasteiger partial charge in [-0.25, -0.2) is 14.6 Å². The number of hydrogen-bond acceptors (Lipinski definition) is 5. The summed E-state index contributed by atoms with van der Waals surface area (Å²) < 4.78 is 31.8. The van der Waals surface area contributed by atoms with Crippen LogP contribution >= 0.6 is 31.9 Å². The number of aryl methyl sites for hydroxylation is 1. The number of rotatable bonds is 2. The number of nitrogens with two attached hydrogens (primary N) is 1. The van der Waals surface area contributed by atoms with E-state index < -0.39 is 11.7 Å². The number of aromatic nitrogens is 2. The van der Waals surface area contributed by atoms with Crippen LogP contribution in [0.4, 0.5) is 8.78 Å². The van der Waals surface area contributed by atoms with Crippen LogP contribution in [0, 0.1) is 18.6 Å². The molecular formula is C16H12Br2F2N4O2. The number of hydrazine groups is 1. The second kappa shape index (κ2) is 8.97. The van der Waals surface area contributed by atoms with Crippen molar-refractivity contribution in [2.75, 3.05) is 0 Å². The van der Waals surface area contributed by atoms with Gasteiger partial charge in [0, 0.05) is 18.1 Å². The van der Waals surface area contributed by atoms with Gasteiger partial charge in [0.05, 0.1) is 8.95 Å². The van der Waals surface area contributed by atoms with E-state index in [0.717, 1.165) is 6.07 Å². The molecule has 0 saturated heterocycles. The minimum Gasteiger partial charge on any atom is -0.421 e. The summed E-state index contributed by atoms with van der Waals surface area (Å²) in [7, 11) is 0. The molecule has 0 bridgehead atoms. The zero-order valence-electron chi connectivity index (χ0n) is 13.3. The highest BCUT2D eigenvalue weighted by Gasteiger charge is 2.08. The molecule has 3 aromatic rings. The Balaban J connectivity index is 0.000000190. The smallest absolute Gasteiger partial charge is 0.265 e. The molecule has 136 valence electrons. The van der Waals surface area contributed by atoms with E-state index in [4.69, 9.17) is 10.3 Å². The van der Waals surface area contributed by atoms with Crippen molar-refractivity contribution < 1.29 is 18.0 Å². The fraction of sp³-hybridized carbons (Fsp3) is 0.0625. The average Bonchev–Trinajstić information content (AvgIpc) is 3.06. The molecule has 1 aromatic heterocycles. The lowest BCUT2D eigenvalue weighted by Crippen LogP contribution is -2.29. The first kappa shape index (κ1) is 20.1. The highest BCUT2D eigenvalue weighted by Crippen LogP contribution is 2.23. The van der Waals surface area contributed by atoms with E-state index in [9.17, 15) is 13.6 Å². The van der Waals surface area contributed by atoms with E-state index in [-0.39, 0.29) is 11.4 Å². The van der Waals surface area contributed by atoms with E-state index >= 15 is 0 Å². The molecule has 3 rings (SSSR count). The molecule has 26 heavy (non-hydrogen) atoms. The predicted octanol–water partition coefficient (Wildman–Crippen LogP) is 4.14. The van der Waals surface area contributed by atoms with Crippen molar-refractivity contribution in [3.63, 3.8) is 0 Å². The maximum absolute atomic E-state index is 13.1. The Morgan fingerprint density at radius 1 is 1.08 bits per heavy atom. The van der Waals surface area contributed by atoms with Crippen LogP contribution in [0.1, 0.15) is 16.2 Å². The normalized spacial score (nSPS) is 10.1. The first-order valence-corrected chi connectivity index (χ1v) is 8.62. The summed E-state index contributed by atoms with van der Waals surface area (Å²) in [5, 5.41) is 7.45. The van der Waals surface area contributed by atoms with Crippen molar-refractivity contribution in [2.24, 2.45) is 5.84 Å². The molecule has 0 fully saturated rings. The summed E-state index contributed by atoms with van der Waals surface area (Å²) in [5.41, 5.74) is 2.68. The van der Waals surface area contributed by atoms with Gasteiger partial charge in [0.1, 0.15) is 11.6 Å². The number of halogens is 4. The van der Waals surface area contributed by atoms with Gasteiger partial charge in [-0.05, 0) is 68.3 Å². The second-order valence-corrected chi connectivity index (χ2v) is 6.57. The summed E-state index contributed by atoms with van der Waals surface area (Å²) in [5.74, 6) is 4.30. The van der Waals surface area contributed by atoms with Crippen LogP contribution in [0.25, 0.3) is 11.5 Å². The molecule has 0 spiro atoms. The summed E-state index contributed by atoms with van der Waals surface area (Å²) in [4.78, 5) is 10.9. The second-order valence-electron chi connectivity index (χ2n) is 4.86. The average molecular weight is 490 g/mol. The summed E-state index contributed by atoms with van der Waals surface area (Å²) in [6.07, 6.45) is 0. The lowest BCUT2D eigenvalue weighted by molar-refractivity contribution is 0.0953. The van der Waals surface area contributed by atoms with Crippen molar-refractivity contribution in [1.82, 2.24) is 15.6 Å².